The van der Waals surface area contributed by atoms with E-state index in [0.29, 0.717) is 13.1 Å². The van der Waals surface area contributed by atoms with Gasteiger partial charge in [-0.1, -0.05) is 30.3 Å². The SMILES string of the molecule is COc1ccccc1CNCc1cccc(F)c1. The molecule has 0 unspecified atom stereocenters. The smallest absolute Gasteiger partial charge is 0.123 e. The van der Waals surface area contributed by atoms with Gasteiger partial charge in [0.2, 0.25) is 0 Å². The number of benzene rings is 2. The summed E-state index contributed by atoms with van der Waals surface area (Å²) in [6.07, 6.45) is 0. The zero-order chi connectivity index (χ0) is 12.8. The monoisotopic (exact) mass is 245 g/mol. The average molecular weight is 245 g/mol. The first-order valence-electron chi connectivity index (χ1n) is 5.86. The molecule has 0 saturated heterocycles. The Morgan fingerprint density at radius 2 is 1.89 bits per heavy atom. The minimum absolute atomic E-state index is 0.202. The molecular weight excluding hydrogens is 229 g/mol. The van der Waals surface area contributed by atoms with Crippen molar-refractivity contribution in [3.8, 4) is 5.75 Å². The van der Waals surface area contributed by atoms with E-state index in [-0.39, 0.29) is 5.82 Å². The maximum absolute atomic E-state index is 13.0. The number of rotatable bonds is 5. The Balaban J connectivity index is 1.92. The Morgan fingerprint density at radius 1 is 1.06 bits per heavy atom. The molecule has 2 aromatic rings. The standard InChI is InChI=1S/C15H16FNO/c1-18-15-8-3-2-6-13(15)11-17-10-12-5-4-7-14(16)9-12/h2-9,17H,10-11H2,1H3. The van der Waals surface area contributed by atoms with Gasteiger partial charge in [-0.3, -0.25) is 0 Å². The molecule has 0 bridgehead atoms. The Kier molecular flexibility index (Phi) is 4.31. The zero-order valence-corrected chi connectivity index (χ0v) is 10.3. The fourth-order valence-electron chi connectivity index (χ4n) is 1.84. The fraction of sp³-hybridized carbons (Fsp3) is 0.200. The maximum atomic E-state index is 13.0. The largest absolute Gasteiger partial charge is 0.496 e. The normalized spacial score (nSPS) is 10.3. The van der Waals surface area contributed by atoms with Crippen molar-refractivity contribution in [1.82, 2.24) is 5.32 Å². The van der Waals surface area contributed by atoms with Gasteiger partial charge >= 0.3 is 0 Å². The number of hydrogen-bond acceptors (Lipinski definition) is 2. The van der Waals surface area contributed by atoms with Gasteiger partial charge in [-0.25, -0.2) is 4.39 Å². The van der Waals surface area contributed by atoms with E-state index in [1.54, 1.807) is 13.2 Å². The average Bonchev–Trinajstić information content (AvgIpc) is 2.39. The highest BCUT2D eigenvalue weighted by molar-refractivity contribution is 5.33. The second-order valence-electron chi connectivity index (χ2n) is 4.05. The fourth-order valence-corrected chi connectivity index (χ4v) is 1.84. The summed E-state index contributed by atoms with van der Waals surface area (Å²) in [7, 11) is 1.66. The molecule has 2 aromatic carbocycles. The van der Waals surface area contributed by atoms with Gasteiger partial charge in [-0.15, -0.1) is 0 Å². The molecule has 18 heavy (non-hydrogen) atoms. The van der Waals surface area contributed by atoms with Crippen LogP contribution in [-0.2, 0) is 13.1 Å². The number of ether oxygens (including phenoxy) is 1. The van der Waals surface area contributed by atoms with E-state index < -0.39 is 0 Å². The number of halogens is 1. The van der Waals surface area contributed by atoms with Crippen LogP contribution in [0.4, 0.5) is 4.39 Å². The first-order chi connectivity index (χ1) is 8.79. The Hall–Kier alpha value is -1.87. The van der Waals surface area contributed by atoms with E-state index >= 15 is 0 Å². The molecule has 94 valence electrons. The van der Waals surface area contributed by atoms with Gasteiger partial charge in [0.05, 0.1) is 7.11 Å². The van der Waals surface area contributed by atoms with Gasteiger partial charge in [0.15, 0.2) is 0 Å². The quantitative estimate of drug-likeness (QED) is 0.873. The van der Waals surface area contributed by atoms with E-state index in [1.165, 1.54) is 12.1 Å². The lowest BCUT2D eigenvalue weighted by atomic mass is 10.2. The molecule has 0 amide bonds. The molecular formula is C15H16FNO. The van der Waals surface area contributed by atoms with E-state index in [0.717, 1.165) is 16.9 Å². The molecule has 0 aliphatic heterocycles. The molecule has 1 N–H and O–H groups in total. The third-order valence-corrected chi connectivity index (χ3v) is 2.73. The van der Waals surface area contributed by atoms with Crippen LogP contribution >= 0.6 is 0 Å². The first-order valence-corrected chi connectivity index (χ1v) is 5.86. The second-order valence-corrected chi connectivity index (χ2v) is 4.05. The van der Waals surface area contributed by atoms with Gasteiger partial charge in [0.1, 0.15) is 11.6 Å². The summed E-state index contributed by atoms with van der Waals surface area (Å²) >= 11 is 0. The highest BCUT2D eigenvalue weighted by atomic mass is 19.1. The van der Waals surface area contributed by atoms with Crippen LogP contribution in [0.25, 0.3) is 0 Å². The lowest BCUT2D eigenvalue weighted by molar-refractivity contribution is 0.407. The summed E-state index contributed by atoms with van der Waals surface area (Å²) in [6, 6.07) is 14.5. The second kappa shape index (κ2) is 6.17. The number of para-hydroxylation sites is 1. The zero-order valence-electron chi connectivity index (χ0n) is 10.3. The third-order valence-electron chi connectivity index (χ3n) is 2.73. The van der Waals surface area contributed by atoms with Crippen LogP contribution in [0.1, 0.15) is 11.1 Å². The summed E-state index contributed by atoms with van der Waals surface area (Å²) in [6.45, 7) is 1.33. The molecule has 0 aliphatic carbocycles. The number of nitrogens with one attached hydrogen (secondary N) is 1. The Morgan fingerprint density at radius 3 is 2.67 bits per heavy atom. The Labute approximate surface area is 106 Å². The molecule has 0 heterocycles. The predicted molar refractivity (Wildman–Crippen MR) is 69.9 cm³/mol. The van der Waals surface area contributed by atoms with E-state index in [4.69, 9.17) is 4.74 Å². The van der Waals surface area contributed by atoms with Crippen molar-refractivity contribution in [3.63, 3.8) is 0 Å². The van der Waals surface area contributed by atoms with Crippen molar-refractivity contribution in [2.45, 2.75) is 13.1 Å². The molecule has 0 saturated carbocycles. The molecule has 2 rings (SSSR count). The molecule has 0 aliphatic rings. The molecule has 0 radical (unpaired) electrons. The minimum Gasteiger partial charge on any atom is -0.496 e. The van der Waals surface area contributed by atoms with Crippen LogP contribution < -0.4 is 10.1 Å². The van der Waals surface area contributed by atoms with Crippen LogP contribution in [0.2, 0.25) is 0 Å². The van der Waals surface area contributed by atoms with E-state index in [1.807, 2.05) is 30.3 Å². The van der Waals surface area contributed by atoms with E-state index in [2.05, 4.69) is 5.32 Å². The molecule has 0 atom stereocenters. The summed E-state index contributed by atoms with van der Waals surface area (Å²) in [5, 5.41) is 3.27. The number of hydrogen-bond donors (Lipinski definition) is 1. The van der Waals surface area contributed by atoms with Crippen LogP contribution in [0.3, 0.4) is 0 Å². The van der Waals surface area contributed by atoms with Crippen molar-refractivity contribution in [2.24, 2.45) is 0 Å². The van der Waals surface area contributed by atoms with Gasteiger partial charge in [-0.2, -0.15) is 0 Å². The molecule has 0 spiro atoms. The maximum Gasteiger partial charge on any atom is 0.123 e. The van der Waals surface area contributed by atoms with Gasteiger partial charge in [-0.05, 0) is 23.8 Å². The molecule has 0 aromatic heterocycles. The predicted octanol–water partition coefficient (Wildman–Crippen LogP) is 3.12. The third kappa shape index (κ3) is 3.31. The van der Waals surface area contributed by atoms with Crippen molar-refractivity contribution in [3.05, 3.63) is 65.5 Å². The van der Waals surface area contributed by atoms with Gasteiger partial charge < -0.3 is 10.1 Å². The van der Waals surface area contributed by atoms with Crippen molar-refractivity contribution in [1.29, 1.82) is 0 Å². The van der Waals surface area contributed by atoms with Crippen molar-refractivity contribution >= 4 is 0 Å². The lowest BCUT2D eigenvalue weighted by Crippen LogP contribution is -2.13. The lowest BCUT2D eigenvalue weighted by Gasteiger charge is -2.09. The van der Waals surface area contributed by atoms with Crippen LogP contribution in [0.15, 0.2) is 48.5 Å². The minimum atomic E-state index is -0.202. The highest BCUT2D eigenvalue weighted by Crippen LogP contribution is 2.16. The number of methoxy groups -OCH3 is 1. The first kappa shape index (κ1) is 12.6. The molecule has 2 nitrogen and oxygen atoms in total. The Bertz CT molecular complexity index is 513. The summed E-state index contributed by atoms with van der Waals surface area (Å²) < 4.78 is 18.3. The summed E-state index contributed by atoms with van der Waals surface area (Å²) in [5.74, 6) is 0.663. The summed E-state index contributed by atoms with van der Waals surface area (Å²) in [5.41, 5.74) is 2.03. The molecule has 0 fully saturated rings. The van der Waals surface area contributed by atoms with Gasteiger partial charge in [0.25, 0.3) is 0 Å². The highest BCUT2D eigenvalue weighted by Gasteiger charge is 2.01. The van der Waals surface area contributed by atoms with Crippen molar-refractivity contribution < 1.29 is 9.13 Å². The topological polar surface area (TPSA) is 21.3 Å². The van der Waals surface area contributed by atoms with Crippen LogP contribution in [0.5, 0.6) is 5.75 Å². The van der Waals surface area contributed by atoms with Crippen LogP contribution in [0, 0.1) is 5.82 Å². The van der Waals surface area contributed by atoms with Gasteiger partial charge in [0, 0.05) is 18.7 Å². The van der Waals surface area contributed by atoms with E-state index in [9.17, 15) is 4.39 Å². The summed E-state index contributed by atoms with van der Waals surface area (Å²) in [4.78, 5) is 0. The molecule has 3 heteroatoms. The van der Waals surface area contributed by atoms with Crippen LogP contribution in [-0.4, -0.2) is 7.11 Å². The van der Waals surface area contributed by atoms with Crippen molar-refractivity contribution in [2.75, 3.05) is 7.11 Å².